The molecule has 0 aromatic carbocycles. The van der Waals surface area contributed by atoms with Crippen LogP contribution in [0, 0.1) is 0 Å². The molecular formula is C12H21NO. The van der Waals surface area contributed by atoms with Gasteiger partial charge in [0.2, 0.25) is 0 Å². The zero-order valence-electron chi connectivity index (χ0n) is 9.60. The third-order valence-corrected chi connectivity index (χ3v) is 3.04. The molecule has 0 aromatic rings. The minimum absolute atomic E-state index is 0.296. The number of carbonyl (C=O) groups excluding carboxylic acids is 1. The predicted octanol–water partition coefficient (Wildman–Crippen LogP) is 2.40. The lowest BCUT2D eigenvalue weighted by Gasteiger charge is -2.34. The van der Waals surface area contributed by atoms with Gasteiger partial charge in [-0.2, -0.15) is 0 Å². The number of rotatable bonds is 4. The highest BCUT2D eigenvalue weighted by atomic mass is 16.1. The largest absolute Gasteiger partial charge is 0.297 e. The molecule has 0 radical (unpaired) electrons. The SMILES string of the molecule is C=C(C)CC(=O)C(C)(C)N1CCCC1. The lowest BCUT2D eigenvalue weighted by Crippen LogP contribution is -2.48. The van der Waals surface area contributed by atoms with E-state index in [4.69, 9.17) is 0 Å². The Morgan fingerprint density at radius 3 is 2.29 bits per heavy atom. The average molecular weight is 195 g/mol. The number of hydrogen-bond acceptors (Lipinski definition) is 2. The maximum atomic E-state index is 12.0. The van der Waals surface area contributed by atoms with Crippen molar-refractivity contribution in [1.29, 1.82) is 0 Å². The number of likely N-dealkylation sites (tertiary alicyclic amines) is 1. The predicted molar refractivity (Wildman–Crippen MR) is 59.3 cm³/mol. The van der Waals surface area contributed by atoms with Gasteiger partial charge in [-0.15, -0.1) is 0 Å². The molecule has 2 heteroatoms. The summed E-state index contributed by atoms with van der Waals surface area (Å²) in [6, 6.07) is 0. The molecule has 1 rings (SSSR count). The molecule has 1 aliphatic heterocycles. The van der Waals surface area contributed by atoms with Gasteiger partial charge in [-0.05, 0) is 46.7 Å². The molecule has 0 unspecified atom stereocenters. The smallest absolute Gasteiger partial charge is 0.156 e. The Labute approximate surface area is 87.0 Å². The molecule has 1 fully saturated rings. The van der Waals surface area contributed by atoms with Crippen molar-refractivity contribution in [2.75, 3.05) is 13.1 Å². The molecular weight excluding hydrogens is 174 g/mol. The highest BCUT2D eigenvalue weighted by Gasteiger charge is 2.35. The van der Waals surface area contributed by atoms with E-state index in [9.17, 15) is 4.79 Å². The van der Waals surface area contributed by atoms with E-state index in [1.807, 2.05) is 20.8 Å². The van der Waals surface area contributed by atoms with E-state index in [-0.39, 0.29) is 5.54 Å². The van der Waals surface area contributed by atoms with Crippen LogP contribution in [0.3, 0.4) is 0 Å². The third-order valence-electron chi connectivity index (χ3n) is 3.04. The van der Waals surface area contributed by atoms with E-state index in [2.05, 4.69) is 11.5 Å². The van der Waals surface area contributed by atoms with E-state index in [0.29, 0.717) is 12.2 Å². The van der Waals surface area contributed by atoms with Crippen LogP contribution < -0.4 is 0 Å². The van der Waals surface area contributed by atoms with Crippen LogP contribution in [0.5, 0.6) is 0 Å². The highest BCUT2D eigenvalue weighted by Crippen LogP contribution is 2.23. The summed E-state index contributed by atoms with van der Waals surface area (Å²) in [5, 5.41) is 0. The Balaban J connectivity index is 2.62. The van der Waals surface area contributed by atoms with Crippen LogP contribution in [0.1, 0.15) is 40.0 Å². The van der Waals surface area contributed by atoms with Gasteiger partial charge in [-0.3, -0.25) is 9.69 Å². The molecule has 0 saturated carbocycles. The van der Waals surface area contributed by atoms with Crippen LogP contribution >= 0.6 is 0 Å². The van der Waals surface area contributed by atoms with Gasteiger partial charge < -0.3 is 0 Å². The van der Waals surface area contributed by atoms with Crippen molar-refractivity contribution in [3.05, 3.63) is 12.2 Å². The second-order valence-electron chi connectivity index (χ2n) is 4.81. The third kappa shape index (κ3) is 2.44. The first kappa shape index (κ1) is 11.4. The van der Waals surface area contributed by atoms with Gasteiger partial charge in [0.1, 0.15) is 0 Å². The van der Waals surface area contributed by atoms with Gasteiger partial charge in [0, 0.05) is 6.42 Å². The number of carbonyl (C=O) groups is 1. The van der Waals surface area contributed by atoms with Gasteiger partial charge in [-0.1, -0.05) is 12.2 Å². The van der Waals surface area contributed by atoms with Crippen molar-refractivity contribution < 1.29 is 4.79 Å². The number of allylic oxidation sites excluding steroid dienone is 1. The molecule has 2 nitrogen and oxygen atoms in total. The van der Waals surface area contributed by atoms with Gasteiger partial charge in [0.05, 0.1) is 5.54 Å². The average Bonchev–Trinajstić information content (AvgIpc) is 2.54. The molecule has 14 heavy (non-hydrogen) atoms. The summed E-state index contributed by atoms with van der Waals surface area (Å²) in [4.78, 5) is 14.2. The van der Waals surface area contributed by atoms with E-state index in [1.165, 1.54) is 12.8 Å². The standard InChI is InChI=1S/C12H21NO/c1-10(2)9-11(14)12(3,4)13-7-5-6-8-13/h1,5-9H2,2-4H3. The topological polar surface area (TPSA) is 20.3 Å². The first-order chi connectivity index (χ1) is 6.44. The summed E-state index contributed by atoms with van der Waals surface area (Å²) < 4.78 is 0. The van der Waals surface area contributed by atoms with Gasteiger partial charge >= 0.3 is 0 Å². The fourth-order valence-electron chi connectivity index (χ4n) is 1.94. The van der Waals surface area contributed by atoms with Crippen molar-refractivity contribution in [3.63, 3.8) is 0 Å². The summed E-state index contributed by atoms with van der Waals surface area (Å²) in [7, 11) is 0. The Kier molecular flexibility index (Phi) is 3.48. The first-order valence-electron chi connectivity index (χ1n) is 5.37. The fraction of sp³-hybridized carbons (Fsp3) is 0.750. The second kappa shape index (κ2) is 4.26. The van der Waals surface area contributed by atoms with Gasteiger partial charge in [0.25, 0.3) is 0 Å². The monoisotopic (exact) mass is 195 g/mol. The fourth-order valence-corrected chi connectivity index (χ4v) is 1.94. The highest BCUT2D eigenvalue weighted by molar-refractivity contribution is 5.89. The van der Waals surface area contributed by atoms with Crippen LogP contribution in [-0.2, 0) is 4.79 Å². The molecule has 80 valence electrons. The molecule has 0 aromatic heterocycles. The molecule has 0 N–H and O–H groups in total. The Morgan fingerprint density at radius 2 is 1.86 bits per heavy atom. The molecule has 0 amide bonds. The van der Waals surface area contributed by atoms with Crippen molar-refractivity contribution in [1.82, 2.24) is 4.90 Å². The minimum atomic E-state index is -0.296. The van der Waals surface area contributed by atoms with Gasteiger partial charge in [0.15, 0.2) is 5.78 Å². The van der Waals surface area contributed by atoms with Crippen molar-refractivity contribution >= 4 is 5.78 Å². The van der Waals surface area contributed by atoms with E-state index < -0.39 is 0 Å². The number of Topliss-reactive ketones (excluding diaryl/α,β-unsaturated/α-hetero) is 1. The van der Waals surface area contributed by atoms with Gasteiger partial charge in [-0.25, -0.2) is 0 Å². The Hall–Kier alpha value is -0.630. The van der Waals surface area contributed by atoms with Crippen molar-refractivity contribution in [2.24, 2.45) is 0 Å². The van der Waals surface area contributed by atoms with Crippen LogP contribution in [0.2, 0.25) is 0 Å². The molecule has 0 spiro atoms. The normalized spacial score (nSPS) is 18.5. The molecule has 0 atom stereocenters. The van der Waals surface area contributed by atoms with Crippen LogP contribution in [-0.4, -0.2) is 29.3 Å². The van der Waals surface area contributed by atoms with Crippen molar-refractivity contribution in [2.45, 2.75) is 45.6 Å². The summed E-state index contributed by atoms with van der Waals surface area (Å²) in [5.74, 6) is 0.298. The number of ketones is 1. The molecule has 1 heterocycles. The zero-order valence-corrected chi connectivity index (χ0v) is 9.60. The molecule has 0 bridgehead atoms. The summed E-state index contributed by atoms with van der Waals surface area (Å²) in [5.41, 5.74) is 0.664. The van der Waals surface area contributed by atoms with Crippen LogP contribution in [0.4, 0.5) is 0 Å². The summed E-state index contributed by atoms with van der Waals surface area (Å²) in [6.45, 7) is 11.9. The summed E-state index contributed by atoms with van der Waals surface area (Å²) >= 11 is 0. The maximum absolute atomic E-state index is 12.0. The molecule has 1 aliphatic rings. The number of hydrogen-bond donors (Lipinski definition) is 0. The van der Waals surface area contributed by atoms with Crippen molar-refractivity contribution in [3.8, 4) is 0 Å². The van der Waals surface area contributed by atoms with Crippen LogP contribution in [0.15, 0.2) is 12.2 Å². The minimum Gasteiger partial charge on any atom is -0.297 e. The zero-order chi connectivity index (χ0) is 10.8. The Bertz CT molecular complexity index is 237. The lowest BCUT2D eigenvalue weighted by atomic mass is 9.93. The first-order valence-corrected chi connectivity index (χ1v) is 5.37. The van der Waals surface area contributed by atoms with E-state index >= 15 is 0 Å². The maximum Gasteiger partial charge on any atom is 0.156 e. The molecule has 1 saturated heterocycles. The Morgan fingerprint density at radius 1 is 1.36 bits per heavy atom. The van der Waals surface area contributed by atoms with E-state index in [1.54, 1.807) is 0 Å². The quantitative estimate of drug-likeness (QED) is 0.642. The summed E-state index contributed by atoms with van der Waals surface area (Å²) in [6.07, 6.45) is 2.97. The molecule has 0 aliphatic carbocycles. The second-order valence-corrected chi connectivity index (χ2v) is 4.81. The lowest BCUT2D eigenvalue weighted by molar-refractivity contribution is -0.128. The van der Waals surface area contributed by atoms with Crippen LogP contribution in [0.25, 0.3) is 0 Å². The number of nitrogens with zero attached hydrogens (tertiary/aromatic N) is 1. The van der Waals surface area contributed by atoms with E-state index in [0.717, 1.165) is 18.7 Å².